The Morgan fingerprint density at radius 3 is 2.53 bits per heavy atom. The molecule has 84 valence electrons. The van der Waals surface area contributed by atoms with Gasteiger partial charge in [0.15, 0.2) is 0 Å². The van der Waals surface area contributed by atoms with E-state index in [1.807, 2.05) is 49.4 Å². The molecule has 0 amide bonds. The maximum absolute atomic E-state index is 11.2. The zero-order chi connectivity index (χ0) is 12.0. The van der Waals surface area contributed by atoms with E-state index in [0.29, 0.717) is 0 Å². The Hall–Kier alpha value is -2.16. The average molecular weight is 225 g/mol. The summed E-state index contributed by atoms with van der Waals surface area (Å²) in [5.41, 5.74) is 4.73. The number of aryl methyl sites for hydroxylation is 1. The lowest BCUT2D eigenvalue weighted by molar-refractivity contribution is -0.516. The van der Waals surface area contributed by atoms with Crippen LogP contribution in [0.15, 0.2) is 42.5 Å². The van der Waals surface area contributed by atoms with Gasteiger partial charge in [0.2, 0.25) is 0 Å². The summed E-state index contributed by atoms with van der Waals surface area (Å²) in [4.78, 5) is 11.0. The second-order valence-electron chi connectivity index (χ2n) is 4.37. The molecule has 3 rings (SSSR count). The summed E-state index contributed by atoms with van der Waals surface area (Å²) in [5.74, 6) is 0. The van der Waals surface area contributed by atoms with Crippen molar-refractivity contribution in [3.05, 3.63) is 69.3 Å². The van der Waals surface area contributed by atoms with Crippen LogP contribution in [0.4, 0.5) is 0 Å². The van der Waals surface area contributed by atoms with Crippen LogP contribution in [0.3, 0.4) is 0 Å². The summed E-state index contributed by atoms with van der Waals surface area (Å²) in [6.45, 7) is 2.00. The van der Waals surface area contributed by atoms with Gasteiger partial charge in [-0.15, -0.1) is 0 Å². The van der Waals surface area contributed by atoms with Crippen LogP contribution in [0.1, 0.15) is 22.7 Å². The number of nitro groups is 1. The Morgan fingerprint density at radius 2 is 1.76 bits per heavy atom. The summed E-state index contributed by atoms with van der Waals surface area (Å²) in [6.07, 6.45) is 0. The van der Waals surface area contributed by atoms with E-state index < -0.39 is 6.04 Å². The van der Waals surface area contributed by atoms with Crippen molar-refractivity contribution >= 4 is 0 Å². The van der Waals surface area contributed by atoms with Crippen molar-refractivity contribution in [2.24, 2.45) is 0 Å². The summed E-state index contributed by atoms with van der Waals surface area (Å²) in [7, 11) is 0. The van der Waals surface area contributed by atoms with Crippen molar-refractivity contribution in [3.8, 4) is 11.1 Å². The fourth-order valence-corrected chi connectivity index (χ4v) is 2.52. The Bertz CT molecular complexity index is 619. The van der Waals surface area contributed by atoms with Gasteiger partial charge in [0, 0.05) is 16.1 Å². The van der Waals surface area contributed by atoms with Crippen LogP contribution in [0.5, 0.6) is 0 Å². The first-order chi connectivity index (χ1) is 8.18. The zero-order valence-electron chi connectivity index (χ0n) is 9.38. The van der Waals surface area contributed by atoms with Crippen LogP contribution < -0.4 is 0 Å². The molecule has 1 atom stereocenters. The van der Waals surface area contributed by atoms with Gasteiger partial charge in [-0.2, -0.15) is 0 Å². The van der Waals surface area contributed by atoms with E-state index in [-0.39, 0.29) is 4.92 Å². The predicted octanol–water partition coefficient (Wildman–Crippen LogP) is 3.34. The quantitative estimate of drug-likeness (QED) is 0.551. The standard InChI is InChI=1S/C14H11NO2/c1-9-6-7-12-13(8-9)10-4-2-3-5-11(10)14(12)15(16)17/h2-8,14H,1H3/t14-/m1/s1. The van der Waals surface area contributed by atoms with Gasteiger partial charge in [-0.25, -0.2) is 0 Å². The number of rotatable bonds is 1. The van der Waals surface area contributed by atoms with Gasteiger partial charge in [-0.1, -0.05) is 48.0 Å². The number of nitrogens with zero attached hydrogens (tertiary/aromatic N) is 1. The van der Waals surface area contributed by atoms with E-state index in [9.17, 15) is 10.1 Å². The van der Waals surface area contributed by atoms with Crippen LogP contribution in [0.2, 0.25) is 0 Å². The molecule has 2 aromatic rings. The lowest BCUT2D eigenvalue weighted by Crippen LogP contribution is -2.08. The summed E-state index contributed by atoms with van der Waals surface area (Å²) in [6, 6.07) is 12.7. The normalized spacial score (nSPS) is 16.4. The minimum Gasteiger partial charge on any atom is -0.264 e. The van der Waals surface area contributed by atoms with Crippen LogP contribution in [0.25, 0.3) is 11.1 Å². The molecular formula is C14H11NO2. The third-order valence-electron chi connectivity index (χ3n) is 3.26. The van der Waals surface area contributed by atoms with Gasteiger partial charge >= 0.3 is 0 Å². The van der Waals surface area contributed by atoms with Gasteiger partial charge in [0.05, 0.1) is 0 Å². The highest BCUT2D eigenvalue weighted by Crippen LogP contribution is 2.44. The molecule has 0 spiro atoms. The molecule has 1 aliphatic carbocycles. The Morgan fingerprint density at radius 1 is 1.06 bits per heavy atom. The monoisotopic (exact) mass is 225 g/mol. The number of hydrogen-bond acceptors (Lipinski definition) is 2. The zero-order valence-corrected chi connectivity index (χ0v) is 9.38. The highest BCUT2D eigenvalue weighted by Gasteiger charge is 2.36. The second-order valence-corrected chi connectivity index (χ2v) is 4.37. The summed E-state index contributed by atoms with van der Waals surface area (Å²) < 4.78 is 0. The van der Waals surface area contributed by atoms with Gasteiger partial charge in [-0.05, 0) is 18.1 Å². The molecule has 0 unspecified atom stereocenters. The fraction of sp³-hybridized carbons (Fsp3) is 0.143. The smallest absolute Gasteiger partial charge is 0.264 e. The summed E-state index contributed by atoms with van der Waals surface area (Å²) in [5, 5.41) is 11.2. The first-order valence-electron chi connectivity index (χ1n) is 5.52. The molecule has 2 aromatic carbocycles. The molecule has 1 aliphatic rings. The van der Waals surface area contributed by atoms with Crippen molar-refractivity contribution in [3.63, 3.8) is 0 Å². The lowest BCUT2D eigenvalue weighted by Gasteiger charge is -2.04. The van der Waals surface area contributed by atoms with Crippen molar-refractivity contribution in [2.45, 2.75) is 13.0 Å². The number of hydrogen-bond donors (Lipinski definition) is 0. The third kappa shape index (κ3) is 1.35. The fourth-order valence-electron chi connectivity index (χ4n) is 2.52. The van der Waals surface area contributed by atoms with E-state index >= 15 is 0 Å². The highest BCUT2D eigenvalue weighted by molar-refractivity contribution is 5.78. The molecule has 0 fully saturated rings. The van der Waals surface area contributed by atoms with Crippen molar-refractivity contribution in [2.75, 3.05) is 0 Å². The molecule has 3 nitrogen and oxygen atoms in total. The topological polar surface area (TPSA) is 43.1 Å². The first-order valence-corrected chi connectivity index (χ1v) is 5.52. The van der Waals surface area contributed by atoms with Gasteiger partial charge < -0.3 is 0 Å². The predicted molar refractivity (Wildman–Crippen MR) is 65.5 cm³/mol. The minimum atomic E-state index is -0.707. The van der Waals surface area contributed by atoms with E-state index in [2.05, 4.69) is 0 Å². The Kier molecular flexibility index (Phi) is 2.01. The van der Waals surface area contributed by atoms with Crippen LogP contribution in [-0.2, 0) is 0 Å². The molecular weight excluding hydrogens is 214 g/mol. The molecule has 17 heavy (non-hydrogen) atoms. The molecule has 0 saturated carbocycles. The van der Waals surface area contributed by atoms with Gasteiger partial charge in [0.1, 0.15) is 0 Å². The molecule has 0 radical (unpaired) electrons. The Labute approximate surface area is 98.9 Å². The molecule has 0 saturated heterocycles. The molecule has 3 heteroatoms. The van der Waals surface area contributed by atoms with Crippen molar-refractivity contribution < 1.29 is 4.92 Å². The molecule has 0 aliphatic heterocycles. The molecule has 0 N–H and O–H groups in total. The van der Waals surface area contributed by atoms with E-state index in [0.717, 1.165) is 27.8 Å². The van der Waals surface area contributed by atoms with E-state index in [1.54, 1.807) is 0 Å². The molecule has 0 heterocycles. The number of fused-ring (bicyclic) bond motifs is 3. The van der Waals surface area contributed by atoms with E-state index in [1.165, 1.54) is 0 Å². The van der Waals surface area contributed by atoms with Gasteiger partial charge in [0.25, 0.3) is 6.04 Å². The largest absolute Gasteiger partial charge is 0.264 e. The average Bonchev–Trinajstić information content (AvgIpc) is 2.63. The first kappa shape index (κ1) is 10.0. The van der Waals surface area contributed by atoms with Crippen LogP contribution >= 0.6 is 0 Å². The maximum Gasteiger partial charge on any atom is 0.264 e. The summed E-state index contributed by atoms with van der Waals surface area (Å²) >= 11 is 0. The third-order valence-corrected chi connectivity index (χ3v) is 3.26. The SMILES string of the molecule is Cc1ccc2c(c1)-c1ccccc1[C@H]2[N+](=O)[O-]. The van der Waals surface area contributed by atoms with Crippen LogP contribution in [0, 0.1) is 17.0 Å². The highest BCUT2D eigenvalue weighted by atomic mass is 16.6. The second kappa shape index (κ2) is 3.42. The molecule has 0 bridgehead atoms. The van der Waals surface area contributed by atoms with Gasteiger partial charge in [-0.3, -0.25) is 10.1 Å². The number of benzene rings is 2. The van der Waals surface area contributed by atoms with Crippen molar-refractivity contribution in [1.29, 1.82) is 0 Å². The lowest BCUT2D eigenvalue weighted by atomic mass is 10.0. The Balaban J connectivity index is 2.34. The van der Waals surface area contributed by atoms with E-state index in [4.69, 9.17) is 0 Å². The maximum atomic E-state index is 11.2. The van der Waals surface area contributed by atoms with Crippen LogP contribution in [-0.4, -0.2) is 4.92 Å². The van der Waals surface area contributed by atoms with Crippen molar-refractivity contribution in [1.82, 2.24) is 0 Å². The minimum absolute atomic E-state index is 0.208. The molecule has 0 aromatic heterocycles.